The summed E-state index contributed by atoms with van der Waals surface area (Å²) in [6.07, 6.45) is -4.68. The first-order valence-corrected chi connectivity index (χ1v) is 7.48. The van der Waals surface area contributed by atoms with Gasteiger partial charge < -0.3 is 0 Å². The Kier molecular flexibility index (Phi) is 5.16. The van der Waals surface area contributed by atoms with E-state index >= 15 is 0 Å². The van der Waals surface area contributed by atoms with E-state index in [0.717, 1.165) is 23.9 Å². The van der Waals surface area contributed by atoms with E-state index in [4.69, 9.17) is 11.6 Å². The van der Waals surface area contributed by atoms with Gasteiger partial charge in [-0.05, 0) is 24.3 Å². The normalized spacial score (nSPS) is 11.5. The van der Waals surface area contributed by atoms with Gasteiger partial charge in [0.25, 0.3) is 5.69 Å². The number of nitro benzene ring substituents is 1. The van der Waals surface area contributed by atoms with Crippen molar-refractivity contribution < 1.29 is 22.5 Å². The quantitative estimate of drug-likeness (QED) is 0.302. The smallest absolute Gasteiger partial charge is 0.258 e. The first-order chi connectivity index (χ1) is 10.7. The van der Waals surface area contributed by atoms with Gasteiger partial charge in [0.05, 0.1) is 15.4 Å². The molecular formula is C14H8ClF4NO2S. The number of thioether (sulfide) groups is 1. The van der Waals surface area contributed by atoms with Crippen LogP contribution in [0.3, 0.4) is 0 Å². The first kappa shape index (κ1) is 17.6. The van der Waals surface area contributed by atoms with Crippen LogP contribution in [0.2, 0.25) is 5.02 Å². The van der Waals surface area contributed by atoms with Crippen LogP contribution in [0.15, 0.2) is 41.3 Å². The summed E-state index contributed by atoms with van der Waals surface area (Å²) in [6.45, 7) is 0. The van der Waals surface area contributed by atoms with Crippen LogP contribution in [-0.4, -0.2) is 4.92 Å². The lowest BCUT2D eigenvalue weighted by Gasteiger charge is -2.09. The average Bonchev–Trinajstić information content (AvgIpc) is 2.45. The van der Waals surface area contributed by atoms with E-state index in [0.29, 0.717) is 6.07 Å². The minimum Gasteiger partial charge on any atom is -0.258 e. The number of nitrogens with zero attached hydrogens (tertiary/aromatic N) is 1. The fourth-order valence-corrected chi connectivity index (χ4v) is 3.13. The Balaban J connectivity index is 2.31. The molecule has 0 radical (unpaired) electrons. The molecule has 0 N–H and O–H groups in total. The summed E-state index contributed by atoms with van der Waals surface area (Å²) in [6, 6.07) is 6.26. The van der Waals surface area contributed by atoms with E-state index in [2.05, 4.69) is 0 Å². The zero-order valence-electron chi connectivity index (χ0n) is 11.2. The second-order valence-electron chi connectivity index (χ2n) is 4.43. The van der Waals surface area contributed by atoms with Gasteiger partial charge in [-0.25, -0.2) is 4.39 Å². The van der Waals surface area contributed by atoms with Gasteiger partial charge in [0.2, 0.25) is 0 Å². The molecule has 0 spiro atoms. The number of benzene rings is 2. The third-order valence-electron chi connectivity index (χ3n) is 2.92. The van der Waals surface area contributed by atoms with Crippen LogP contribution in [0.25, 0.3) is 0 Å². The molecule has 0 aromatic heterocycles. The van der Waals surface area contributed by atoms with Crippen molar-refractivity contribution in [3.63, 3.8) is 0 Å². The van der Waals surface area contributed by atoms with Crippen LogP contribution >= 0.6 is 23.4 Å². The molecule has 3 nitrogen and oxygen atoms in total. The third-order valence-corrected chi connectivity index (χ3v) is 4.36. The lowest BCUT2D eigenvalue weighted by molar-refractivity contribution is -0.388. The molecule has 23 heavy (non-hydrogen) atoms. The van der Waals surface area contributed by atoms with Crippen molar-refractivity contribution >= 4 is 29.1 Å². The summed E-state index contributed by atoms with van der Waals surface area (Å²) in [4.78, 5) is 10.1. The molecule has 0 bridgehead atoms. The molecule has 0 aliphatic rings. The van der Waals surface area contributed by atoms with E-state index in [1.165, 1.54) is 18.2 Å². The minimum atomic E-state index is -4.68. The molecule has 0 aliphatic carbocycles. The number of alkyl halides is 3. The van der Waals surface area contributed by atoms with Gasteiger partial charge in [-0.15, -0.1) is 11.8 Å². The van der Waals surface area contributed by atoms with Crippen molar-refractivity contribution in [2.45, 2.75) is 16.8 Å². The summed E-state index contributed by atoms with van der Waals surface area (Å²) in [7, 11) is 0. The lowest BCUT2D eigenvalue weighted by atomic mass is 10.2. The maximum absolute atomic E-state index is 13.7. The second kappa shape index (κ2) is 6.76. The molecule has 0 saturated heterocycles. The molecule has 0 amide bonds. The summed E-state index contributed by atoms with van der Waals surface area (Å²) in [5, 5.41) is 11.1. The highest BCUT2D eigenvalue weighted by molar-refractivity contribution is 7.98. The van der Waals surface area contributed by atoms with Gasteiger partial charge in [-0.1, -0.05) is 17.7 Å². The van der Waals surface area contributed by atoms with E-state index in [9.17, 15) is 27.7 Å². The van der Waals surface area contributed by atoms with E-state index in [-0.39, 0.29) is 21.2 Å². The number of rotatable bonds is 4. The van der Waals surface area contributed by atoms with Gasteiger partial charge >= 0.3 is 6.18 Å². The number of hydrogen-bond acceptors (Lipinski definition) is 3. The van der Waals surface area contributed by atoms with Crippen LogP contribution in [0, 0.1) is 15.9 Å². The largest absolute Gasteiger partial charge is 0.416 e. The molecule has 0 heterocycles. The SMILES string of the molecule is O=[N+]([O-])c1cc(C(F)(F)F)ccc1SCc1c(F)cccc1Cl. The van der Waals surface area contributed by atoms with Crippen molar-refractivity contribution in [3.8, 4) is 0 Å². The van der Waals surface area contributed by atoms with Crippen LogP contribution in [0.1, 0.15) is 11.1 Å². The fourth-order valence-electron chi connectivity index (χ4n) is 1.78. The Morgan fingerprint density at radius 3 is 2.48 bits per heavy atom. The molecule has 0 unspecified atom stereocenters. The van der Waals surface area contributed by atoms with E-state index < -0.39 is 28.2 Å². The number of nitro groups is 1. The predicted molar refractivity (Wildman–Crippen MR) is 79.1 cm³/mol. The van der Waals surface area contributed by atoms with Crippen molar-refractivity contribution in [3.05, 3.63) is 68.5 Å². The van der Waals surface area contributed by atoms with Crippen molar-refractivity contribution in [1.82, 2.24) is 0 Å². The Morgan fingerprint density at radius 1 is 1.22 bits per heavy atom. The zero-order valence-corrected chi connectivity index (χ0v) is 12.8. The monoisotopic (exact) mass is 365 g/mol. The van der Waals surface area contributed by atoms with Crippen molar-refractivity contribution in [2.24, 2.45) is 0 Å². The molecule has 2 rings (SSSR count). The maximum Gasteiger partial charge on any atom is 0.416 e. The molecule has 2 aromatic rings. The van der Waals surface area contributed by atoms with Crippen molar-refractivity contribution in [2.75, 3.05) is 0 Å². The van der Waals surface area contributed by atoms with Gasteiger partial charge in [0, 0.05) is 22.4 Å². The van der Waals surface area contributed by atoms with Gasteiger partial charge in [-0.2, -0.15) is 13.2 Å². The van der Waals surface area contributed by atoms with Crippen molar-refractivity contribution in [1.29, 1.82) is 0 Å². The Morgan fingerprint density at radius 2 is 1.91 bits per heavy atom. The third kappa shape index (κ3) is 4.14. The lowest BCUT2D eigenvalue weighted by Crippen LogP contribution is -2.06. The van der Waals surface area contributed by atoms with E-state index in [1.807, 2.05) is 0 Å². The highest BCUT2D eigenvalue weighted by Gasteiger charge is 2.33. The molecule has 0 saturated carbocycles. The standard InChI is InChI=1S/C14H8ClF4NO2S/c15-10-2-1-3-11(16)9(10)7-23-13-5-4-8(14(17,18)19)6-12(13)20(21)22/h1-6H,7H2. The van der Waals surface area contributed by atoms with E-state index in [1.54, 1.807) is 0 Å². The topological polar surface area (TPSA) is 43.1 Å². The summed E-state index contributed by atoms with van der Waals surface area (Å²) in [5.41, 5.74) is -1.66. The van der Waals surface area contributed by atoms with Gasteiger partial charge in [0.1, 0.15) is 5.82 Å². The van der Waals surface area contributed by atoms with Crippen LogP contribution in [0.4, 0.5) is 23.2 Å². The first-order valence-electron chi connectivity index (χ1n) is 6.11. The van der Waals surface area contributed by atoms with Crippen LogP contribution < -0.4 is 0 Å². The second-order valence-corrected chi connectivity index (χ2v) is 5.85. The highest BCUT2D eigenvalue weighted by Crippen LogP contribution is 2.38. The average molecular weight is 366 g/mol. The molecule has 0 fully saturated rings. The maximum atomic E-state index is 13.7. The van der Waals surface area contributed by atoms with Crippen LogP contribution in [0.5, 0.6) is 0 Å². The summed E-state index contributed by atoms with van der Waals surface area (Å²) in [5.74, 6) is -0.628. The minimum absolute atomic E-state index is 0.00215. The highest BCUT2D eigenvalue weighted by atomic mass is 35.5. The Hall–Kier alpha value is -1.80. The van der Waals surface area contributed by atoms with Crippen LogP contribution in [-0.2, 0) is 11.9 Å². The number of hydrogen-bond donors (Lipinski definition) is 0. The van der Waals surface area contributed by atoms with Gasteiger partial charge in [0.15, 0.2) is 0 Å². The molecule has 2 aromatic carbocycles. The molecule has 9 heteroatoms. The summed E-state index contributed by atoms with van der Waals surface area (Å²) < 4.78 is 51.5. The van der Waals surface area contributed by atoms with Gasteiger partial charge in [-0.3, -0.25) is 10.1 Å². The molecular weight excluding hydrogens is 358 g/mol. The molecule has 122 valence electrons. The zero-order chi connectivity index (χ0) is 17.2. The predicted octanol–water partition coefficient (Wildman–Crippen LogP) is 5.70. The molecule has 0 atom stereocenters. The Labute approximate surface area is 137 Å². The summed E-state index contributed by atoms with van der Waals surface area (Å²) >= 11 is 6.69. The molecule has 0 aliphatic heterocycles. The fraction of sp³-hybridized carbons (Fsp3) is 0.143. The number of halogens is 5. The Bertz CT molecular complexity index is 732.